The fraction of sp³-hybridized carbons (Fsp3) is 0.125. The fourth-order valence-corrected chi connectivity index (χ4v) is 1.67. The number of rotatable bonds is 3. The molecule has 0 aromatic heterocycles. The van der Waals surface area contributed by atoms with Gasteiger partial charge in [-0.2, -0.15) is 8.42 Å². The highest BCUT2D eigenvalue weighted by Gasteiger charge is 2.12. The molecule has 0 bridgehead atoms. The van der Waals surface area contributed by atoms with Crippen molar-refractivity contribution >= 4 is 27.9 Å². The quantitative estimate of drug-likeness (QED) is 0.626. The minimum atomic E-state index is -3.68. The Kier molecular flexibility index (Phi) is 3.30. The maximum atomic E-state index is 11.2. The SMILES string of the molecule is COS(=O)(=O)c1ccc(C(=O)S)cc1. The first-order valence-corrected chi connectivity index (χ1v) is 5.47. The molecule has 6 heteroatoms. The van der Waals surface area contributed by atoms with Crippen LogP contribution in [0.25, 0.3) is 0 Å². The van der Waals surface area contributed by atoms with Gasteiger partial charge in [-0.1, -0.05) is 0 Å². The van der Waals surface area contributed by atoms with Crippen molar-refractivity contribution in [3.8, 4) is 0 Å². The van der Waals surface area contributed by atoms with Gasteiger partial charge in [-0.05, 0) is 24.3 Å². The molecular formula is C8H8O4S2. The summed E-state index contributed by atoms with van der Waals surface area (Å²) in [5, 5.41) is -0.411. The summed E-state index contributed by atoms with van der Waals surface area (Å²) in [5.74, 6) is 0. The van der Waals surface area contributed by atoms with Crippen LogP contribution in [0.15, 0.2) is 29.2 Å². The van der Waals surface area contributed by atoms with E-state index in [1.807, 2.05) is 0 Å². The third-order valence-corrected chi connectivity index (χ3v) is 3.16. The van der Waals surface area contributed by atoms with E-state index in [1.165, 1.54) is 24.3 Å². The lowest BCUT2D eigenvalue weighted by Gasteiger charge is -2.01. The zero-order valence-corrected chi connectivity index (χ0v) is 9.01. The zero-order chi connectivity index (χ0) is 10.8. The molecule has 1 aromatic rings. The average Bonchev–Trinajstić information content (AvgIpc) is 2.18. The molecule has 0 fully saturated rings. The molecule has 0 atom stereocenters. The van der Waals surface area contributed by atoms with E-state index in [0.29, 0.717) is 5.56 Å². The van der Waals surface area contributed by atoms with Crippen molar-refractivity contribution in [3.05, 3.63) is 29.8 Å². The van der Waals surface area contributed by atoms with Gasteiger partial charge < -0.3 is 0 Å². The van der Waals surface area contributed by atoms with Gasteiger partial charge in [-0.3, -0.25) is 8.98 Å². The number of carbonyl (C=O) groups excluding carboxylic acids is 1. The number of benzene rings is 1. The average molecular weight is 232 g/mol. The van der Waals surface area contributed by atoms with Crippen molar-refractivity contribution in [1.29, 1.82) is 0 Å². The Balaban J connectivity index is 3.12. The van der Waals surface area contributed by atoms with Gasteiger partial charge in [0.2, 0.25) is 5.12 Å². The summed E-state index contributed by atoms with van der Waals surface area (Å²) in [4.78, 5) is 10.8. The first kappa shape index (κ1) is 11.2. The van der Waals surface area contributed by atoms with E-state index in [1.54, 1.807) is 0 Å². The van der Waals surface area contributed by atoms with Crippen LogP contribution in [0.3, 0.4) is 0 Å². The van der Waals surface area contributed by atoms with Crippen LogP contribution >= 0.6 is 12.6 Å². The van der Waals surface area contributed by atoms with Crippen LogP contribution in [0, 0.1) is 0 Å². The van der Waals surface area contributed by atoms with E-state index in [2.05, 4.69) is 16.8 Å². The summed E-state index contributed by atoms with van der Waals surface area (Å²) < 4.78 is 26.6. The van der Waals surface area contributed by atoms with Crippen molar-refractivity contribution in [3.63, 3.8) is 0 Å². The highest BCUT2D eigenvalue weighted by atomic mass is 32.2. The summed E-state index contributed by atoms with van der Waals surface area (Å²) in [6, 6.07) is 5.34. The molecule has 0 aliphatic rings. The normalized spacial score (nSPS) is 11.3. The van der Waals surface area contributed by atoms with E-state index in [9.17, 15) is 13.2 Å². The molecule has 1 aromatic carbocycles. The van der Waals surface area contributed by atoms with Crippen LogP contribution in [-0.2, 0) is 14.3 Å². The molecule has 0 amide bonds. The Bertz CT molecular complexity index is 433. The second-order valence-electron chi connectivity index (χ2n) is 2.45. The predicted octanol–water partition coefficient (Wildman–Crippen LogP) is 1.09. The molecule has 0 spiro atoms. The Morgan fingerprint density at radius 1 is 1.29 bits per heavy atom. The van der Waals surface area contributed by atoms with Gasteiger partial charge in [0.1, 0.15) is 0 Å². The largest absolute Gasteiger partial charge is 0.296 e. The highest BCUT2D eigenvalue weighted by Crippen LogP contribution is 2.13. The maximum Gasteiger partial charge on any atom is 0.296 e. The van der Waals surface area contributed by atoms with Crippen molar-refractivity contribution in [2.24, 2.45) is 0 Å². The zero-order valence-electron chi connectivity index (χ0n) is 7.30. The monoisotopic (exact) mass is 232 g/mol. The third-order valence-electron chi connectivity index (χ3n) is 1.61. The highest BCUT2D eigenvalue weighted by molar-refractivity contribution is 7.97. The van der Waals surface area contributed by atoms with Gasteiger partial charge in [0.05, 0.1) is 12.0 Å². The van der Waals surface area contributed by atoms with Crippen molar-refractivity contribution in [1.82, 2.24) is 0 Å². The Morgan fingerprint density at radius 2 is 1.79 bits per heavy atom. The Morgan fingerprint density at radius 3 is 2.14 bits per heavy atom. The van der Waals surface area contributed by atoms with Gasteiger partial charge in [-0.15, -0.1) is 12.6 Å². The second-order valence-corrected chi connectivity index (χ2v) is 4.57. The number of hydrogen-bond acceptors (Lipinski definition) is 4. The van der Waals surface area contributed by atoms with Crippen LogP contribution in [0.2, 0.25) is 0 Å². The van der Waals surface area contributed by atoms with Gasteiger partial charge in [0.15, 0.2) is 0 Å². The van der Waals surface area contributed by atoms with Crippen LogP contribution in [-0.4, -0.2) is 20.6 Å². The molecule has 4 nitrogen and oxygen atoms in total. The lowest BCUT2D eigenvalue weighted by atomic mass is 10.2. The maximum absolute atomic E-state index is 11.2. The van der Waals surface area contributed by atoms with Crippen molar-refractivity contribution in [2.75, 3.05) is 7.11 Å². The minimum absolute atomic E-state index is 0.0123. The lowest BCUT2D eigenvalue weighted by molar-refractivity contribution is 0.109. The molecule has 1 rings (SSSR count). The Hall–Kier alpha value is -0.850. The Labute approximate surface area is 87.4 Å². The molecule has 0 saturated heterocycles. The summed E-state index contributed by atoms with van der Waals surface area (Å²) in [6.45, 7) is 0. The third kappa shape index (κ3) is 2.34. The van der Waals surface area contributed by atoms with Crippen LogP contribution in [0.1, 0.15) is 10.4 Å². The fourth-order valence-electron chi connectivity index (χ4n) is 0.860. The topological polar surface area (TPSA) is 60.4 Å². The van der Waals surface area contributed by atoms with E-state index in [4.69, 9.17) is 0 Å². The van der Waals surface area contributed by atoms with Crippen molar-refractivity contribution < 1.29 is 17.4 Å². The summed E-state index contributed by atoms with van der Waals surface area (Å²) >= 11 is 3.60. The molecule has 0 heterocycles. The molecule has 0 radical (unpaired) electrons. The molecule has 0 N–H and O–H groups in total. The molecule has 14 heavy (non-hydrogen) atoms. The number of carbonyl (C=O) groups is 1. The summed E-state index contributed by atoms with van der Waals surface area (Å²) in [6.07, 6.45) is 0. The standard InChI is InChI=1S/C8H8O4S2/c1-12-14(10,11)7-4-2-6(3-5-7)8(9)13/h2-5H,1H3,(H,9,13). The van der Waals surface area contributed by atoms with Gasteiger partial charge in [0.25, 0.3) is 10.1 Å². The first-order valence-electron chi connectivity index (χ1n) is 3.61. The molecule has 0 aliphatic carbocycles. The van der Waals surface area contributed by atoms with Gasteiger partial charge in [-0.25, -0.2) is 0 Å². The molecule has 0 saturated carbocycles. The first-order chi connectivity index (χ1) is 6.47. The van der Waals surface area contributed by atoms with Gasteiger partial charge >= 0.3 is 0 Å². The smallest absolute Gasteiger partial charge is 0.282 e. The summed E-state index contributed by atoms with van der Waals surface area (Å²) in [5.41, 5.74) is 0.336. The second kappa shape index (κ2) is 4.12. The molecule has 0 aliphatic heterocycles. The van der Waals surface area contributed by atoms with Crippen molar-refractivity contribution in [2.45, 2.75) is 4.90 Å². The molecular weight excluding hydrogens is 224 g/mol. The summed E-state index contributed by atoms with van der Waals surface area (Å²) in [7, 11) is -2.60. The predicted molar refractivity (Wildman–Crippen MR) is 54.0 cm³/mol. The van der Waals surface area contributed by atoms with Gasteiger partial charge in [0, 0.05) is 5.56 Å². The van der Waals surface area contributed by atoms with E-state index in [-0.39, 0.29) is 4.90 Å². The van der Waals surface area contributed by atoms with Crippen LogP contribution in [0.4, 0.5) is 0 Å². The van der Waals surface area contributed by atoms with Crippen LogP contribution < -0.4 is 0 Å². The lowest BCUT2D eigenvalue weighted by Crippen LogP contribution is -2.02. The van der Waals surface area contributed by atoms with Crippen LogP contribution in [0.5, 0.6) is 0 Å². The van der Waals surface area contributed by atoms with E-state index >= 15 is 0 Å². The number of thiol groups is 1. The van der Waals surface area contributed by atoms with E-state index < -0.39 is 15.2 Å². The number of hydrogen-bond donors (Lipinski definition) is 1. The molecule has 76 valence electrons. The minimum Gasteiger partial charge on any atom is -0.282 e. The van der Waals surface area contributed by atoms with E-state index in [0.717, 1.165) is 7.11 Å². The molecule has 0 unspecified atom stereocenters.